The van der Waals surface area contributed by atoms with Crippen molar-refractivity contribution >= 4 is 11.9 Å². The van der Waals surface area contributed by atoms with E-state index in [2.05, 4.69) is 9.72 Å². The fourth-order valence-corrected chi connectivity index (χ4v) is 1.24. The highest BCUT2D eigenvalue weighted by atomic mass is 19.4. The molecule has 98 valence electrons. The number of nitrogens with two attached hydrogens (primary N) is 1. The summed E-state index contributed by atoms with van der Waals surface area (Å²) in [5, 5.41) is 0. The molecule has 0 bridgehead atoms. The molecule has 1 heterocycles. The minimum absolute atomic E-state index is 0.0507. The lowest BCUT2D eigenvalue weighted by Crippen LogP contribution is -2.17. The topological polar surface area (TPSA) is 82.3 Å². The number of nitrogens with zero attached hydrogens (tertiary/aromatic N) is 1. The first-order valence-corrected chi connectivity index (χ1v) is 4.69. The Bertz CT molecular complexity index is 486. The predicted molar refractivity (Wildman–Crippen MR) is 53.5 cm³/mol. The number of esters is 1. The predicted octanol–water partition coefficient (Wildman–Crippen LogP) is 0.915. The molecule has 1 amide bonds. The molecule has 18 heavy (non-hydrogen) atoms. The van der Waals surface area contributed by atoms with Gasteiger partial charge in [-0.2, -0.15) is 13.2 Å². The summed E-state index contributed by atoms with van der Waals surface area (Å²) in [6.07, 6.45) is -5.15. The fourth-order valence-electron chi connectivity index (χ4n) is 1.24. The van der Waals surface area contributed by atoms with Gasteiger partial charge in [-0.25, -0.2) is 9.78 Å². The first-order valence-electron chi connectivity index (χ1n) is 4.69. The monoisotopic (exact) mass is 262 g/mol. The Labute approximate surface area is 99.7 Å². The second-order valence-corrected chi connectivity index (χ2v) is 3.38. The second-order valence-electron chi connectivity index (χ2n) is 3.38. The van der Waals surface area contributed by atoms with Crippen molar-refractivity contribution in [3.8, 4) is 0 Å². The number of pyridine rings is 1. The molecule has 1 rings (SSSR count). The van der Waals surface area contributed by atoms with Gasteiger partial charge in [-0.1, -0.05) is 0 Å². The quantitative estimate of drug-likeness (QED) is 0.821. The first-order chi connectivity index (χ1) is 8.24. The van der Waals surface area contributed by atoms with E-state index in [1.165, 1.54) is 0 Å². The number of hydrogen-bond donors (Lipinski definition) is 1. The number of amides is 1. The van der Waals surface area contributed by atoms with Crippen molar-refractivity contribution in [1.29, 1.82) is 0 Å². The third-order valence-electron chi connectivity index (χ3n) is 1.95. The van der Waals surface area contributed by atoms with Crippen LogP contribution in [0.5, 0.6) is 0 Å². The van der Waals surface area contributed by atoms with E-state index in [0.717, 1.165) is 13.2 Å². The van der Waals surface area contributed by atoms with Gasteiger partial charge < -0.3 is 10.5 Å². The normalized spacial score (nSPS) is 11.1. The van der Waals surface area contributed by atoms with E-state index in [1.807, 2.05) is 0 Å². The summed E-state index contributed by atoms with van der Waals surface area (Å²) >= 11 is 0. The molecule has 0 aliphatic rings. The van der Waals surface area contributed by atoms with Gasteiger partial charge in [-0.05, 0) is 17.7 Å². The van der Waals surface area contributed by atoms with Crippen molar-refractivity contribution in [3.05, 3.63) is 29.1 Å². The van der Waals surface area contributed by atoms with Crippen molar-refractivity contribution in [2.45, 2.75) is 12.6 Å². The van der Waals surface area contributed by atoms with E-state index in [1.54, 1.807) is 0 Å². The molecule has 2 N–H and O–H groups in total. The van der Waals surface area contributed by atoms with Crippen LogP contribution in [0, 0.1) is 0 Å². The van der Waals surface area contributed by atoms with Gasteiger partial charge in [0.2, 0.25) is 5.91 Å². The highest BCUT2D eigenvalue weighted by molar-refractivity contribution is 5.87. The van der Waals surface area contributed by atoms with Gasteiger partial charge in [0, 0.05) is 0 Å². The van der Waals surface area contributed by atoms with E-state index in [-0.39, 0.29) is 5.56 Å². The zero-order chi connectivity index (χ0) is 13.9. The van der Waals surface area contributed by atoms with Crippen LogP contribution in [0.2, 0.25) is 0 Å². The molecule has 5 nitrogen and oxygen atoms in total. The Hall–Kier alpha value is -2.12. The van der Waals surface area contributed by atoms with E-state index in [4.69, 9.17) is 5.73 Å². The van der Waals surface area contributed by atoms with Gasteiger partial charge in [0.1, 0.15) is 11.4 Å². The number of carbonyl (C=O) groups excluding carboxylic acids is 2. The van der Waals surface area contributed by atoms with Crippen LogP contribution in [-0.2, 0) is 22.1 Å². The van der Waals surface area contributed by atoms with Crippen molar-refractivity contribution < 1.29 is 27.5 Å². The van der Waals surface area contributed by atoms with Crippen molar-refractivity contribution in [3.63, 3.8) is 0 Å². The van der Waals surface area contributed by atoms with Gasteiger partial charge in [0.15, 0.2) is 0 Å². The Morgan fingerprint density at radius 1 is 1.39 bits per heavy atom. The van der Waals surface area contributed by atoms with Gasteiger partial charge in [-0.3, -0.25) is 4.79 Å². The lowest BCUT2D eigenvalue weighted by atomic mass is 10.1. The number of methoxy groups -OCH3 is 1. The zero-order valence-corrected chi connectivity index (χ0v) is 9.25. The van der Waals surface area contributed by atoms with E-state index in [0.29, 0.717) is 6.07 Å². The molecule has 8 heteroatoms. The fraction of sp³-hybridized carbons (Fsp3) is 0.300. The number of ether oxygens (including phenoxy) is 1. The van der Waals surface area contributed by atoms with Crippen molar-refractivity contribution in [1.82, 2.24) is 4.98 Å². The SMILES string of the molecule is COC(=O)c1cc(CC(N)=O)cc(C(F)(F)F)n1. The maximum Gasteiger partial charge on any atom is 0.433 e. The summed E-state index contributed by atoms with van der Waals surface area (Å²) in [7, 11) is 1.01. The molecule has 0 saturated heterocycles. The highest BCUT2D eigenvalue weighted by Crippen LogP contribution is 2.28. The molecule has 1 aromatic heterocycles. The van der Waals surface area contributed by atoms with Crippen LogP contribution in [-0.4, -0.2) is 24.0 Å². The minimum Gasteiger partial charge on any atom is -0.464 e. The molecule has 0 saturated carbocycles. The summed E-state index contributed by atoms with van der Waals surface area (Å²) in [6, 6.07) is 1.70. The molecule has 0 aliphatic carbocycles. The number of aromatic nitrogens is 1. The Morgan fingerprint density at radius 3 is 2.44 bits per heavy atom. The Kier molecular flexibility index (Phi) is 3.89. The summed E-state index contributed by atoms with van der Waals surface area (Å²) in [5.74, 6) is -1.84. The molecule has 0 radical (unpaired) electrons. The molecule has 0 aromatic carbocycles. The standard InChI is InChI=1S/C10H9F3N2O3/c1-18-9(17)6-2-5(4-8(14)16)3-7(15-6)10(11,12)13/h2-3H,4H2,1H3,(H2,14,16). The van der Waals surface area contributed by atoms with Gasteiger partial charge in [-0.15, -0.1) is 0 Å². The number of primary amides is 1. The molecular formula is C10H9F3N2O3. The third kappa shape index (κ3) is 3.44. The summed E-state index contributed by atoms with van der Waals surface area (Å²) in [4.78, 5) is 25.0. The maximum absolute atomic E-state index is 12.5. The van der Waals surface area contributed by atoms with Crippen LogP contribution in [0.4, 0.5) is 13.2 Å². The first kappa shape index (κ1) is 13.9. The summed E-state index contributed by atoms with van der Waals surface area (Å²) in [6.45, 7) is 0. The van der Waals surface area contributed by atoms with Crippen molar-refractivity contribution in [2.75, 3.05) is 7.11 Å². The number of halogens is 3. The van der Waals surface area contributed by atoms with E-state index < -0.39 is 35.9 Å². The molecule has 0 atom stereocenters. The second kappa shape index (κ2) is 5.03. The average molecular weight is 262 g/mol. The summed E-state index contributed by atoms with van der Waals surface area (Å²) in [5.41, 5.74) is 3.03. The molecule has 1 aromatic rings. The third-order valence-corrected chi connectivity index (χ3v) is 1.95. The van der Waals surface area contributed by atoms with Crippen LogP contribution in [0.3, 0.4) is 0 Å². The molecular weight excluding hydrogens is 253 g/mol. The minimum atomic E-state index is -4.73. The number of hydrogen-bond acceptors (Lipinski definition) is 4. The van der Waals surface area contributed by atoms with Gasteiger partial charge in [0.25, 0.3) is 0 Å². The lowest BCUT2D eigenvalue weighted by molar-refractivity contribution is -0.141. The van der Waals surface area contributed by atoms with Crippen LogP contribution in [0.25, 0.3) is 0 Å². The number of rotatable bonds is 3. The van der Waals surface area contributed by atoms with Crippen LogP contribution < -0.4 is 5.73 Å². The van der Waals surface area contributed by atoms with Crippen molar-refractivity contribution in [2.24, 2.45) is 5.73 Å². The molecule has 0 unspecified atom stereocenters. The lowest BCUT2D eigenvalue weighted by Gasteiger charge is -2.09. The van der Waals surface area contributed by atoms with Crippen LogP contribution >= 0.6 is 0 Å². The van der Waals surface area contributed by atoms with E-state index in [9.17, 15) is 22.8 Å². The van der Waals surface area contributed by atoms with Gasteiger partial charge >= 0.3 is 12.1 Å². The zero-order valence-electron chi connectivity index (χ0n) is 9.25. The maximum atomic E-state index is 12.5. The number of carbonyl (C=O) groups is 2. The van der Waals surface area contributed by atoms with Gasteiger partial charge in [0.05, 0.1) is 13.5 Å². The highest BCUT2D eigenvalue weighted by Gasteiger charge is 2.34. The van der Waals surface area contributed by atoms with E-state index >= 15 is 0 Å². The van der Waals surface area contributed by atoms with Crippen LogP contribution in [0.15, 0.2) is 12.1 Å². The van der Waals surface area contributed by atoms with Crippen LogP contribution in [0.1, 0.15) is 21.7 Å². The smallest absolute Gasteiger partial charge is 0.433 e. The Balaban J connectivity index is 3.28. The largest absolute Gasteiger partial charge is 0.464 e. The average Bonchev–Trinajstić information content (AvgIpc) is 2.25. The Morgan fingerprint density at radius 2 is 2.00 bits per heavy atom. The molecule has 0 fully saturated rings. The summed E-state index contributed by atoms with van der Waals surface area (Å²) < 4.78 is 41.8. The molecule has 0 aliphatic heterocycles. The molecule has 0 spiro atoms. The number of alkyl halides is 3.